The summed E-state index contributed by atoms with van der Waals surface area (Å²) in [7, 11) is 0. The molecule has 1 aliphatic rings. The van der Waals surface area contributed by atoms with Crippen LogP contribution in [0.5, 0.6) is 0 Å². The van der Waals surface area contributed by atoms with Crippen molar-refractivity contribution in [3.8, 4) is 0 Å². The van der Waals surface area contributed by atoms with Gasteiger partial charge in [0.25, 0.3) is 5.69 Å². The van der Waals surface area contributed by atoms with Gasteiger partial charge >= 0.3 is 6.03 Å². The van der Waals surface area contributed by atoms with Crippen LogP contribution in [0.2, 0.25) is 0 Å². The number of rotatable bonds is 4. The molecule has 1 aliphatic heterocycles. The number of hydrogen-bond donors (Lipinski definition) is 1. The number of nitrogens with zero attached hydrogens (tertiary/aromatic N) is 2. The highest BCUT2D eigenvalue weighted by atomic mass is 16.6. The van der Waals surface area contributed by atoms with E-state index in [-0.39, 0.29) is 17.4 Å². The fourth-order valence-corrected chi connectivity index (χ4v) is 3.22. The van der Waals surface area contributed by atoms with E-state index in [4.69, 9.17) is 0 Å². The smallest absolute Gasteiger partial charge is 0.322 e. The van der Waals surface area contributed by atoms with Gasteiger partial charge in [-0.2, -0.15) is 0 Å². The first kappa shape index (κ1) is 17.0. The number of anilines is 1. The van der Waals surface area contributed by atoms with Crippen LogP contribution in [0.25, 0.3) is 0 Å². The molecular formula is C19H21N3O3. The molecule has 3 rings (SSSR count). The monoisotopic (exact) mass is 339 g/mol. The second kappa shape index (κ2) is 7.79. The van der Waals surface area contributed by atoms with Gasteiger partial charge in [0.15, 0.2) is 0 Å². The van der Waals surface area contributed by atoms with Gasteiger partial charge in [0.1, 0.15) is 5.69 Å². The van der Waals surface area contributed by atoms with Crippen LogP contribution in [0.1, 0.15) is 18.4 Å². The molecule has 0 aliphatic carbocycles. The number of benzene rings is 2. The lowest BCUT2D eigenvalue weighted by Gasteiger charge is -2.32. The summed E-state index contributed by atoms with van der Waals surface area (Å²) in [5.74, 6) is 0.567. The molecule has 1 saturated heterocycles. The summed E-state index contributed by atoms with van der Waals surface area (Å²) >= 11 is 0. The van der Waals surface area contributed by atoms with E-state index >= 15 is 0 Å². The van der Waals surface area contributed by atoms with E-state index in [0.717, 1.165) is 19.3 Å². The van der Waals surface area contributed by atoms with E-state index in [0.29, 0.717) is 19.0 Å². The van der Waals surface area contributed by atoms with Gasteiger partial charge in [-0.25, -0.2) is 4.79 Å². The summed E-state index contributed by atoms with van der Waals surface area (Å²) in [6.07, 6.45) is 2.92. The second-order valence-corrected chi connectivity index (χ2v) is 6.32. The molecular weight excluding hydrogens is 318 g/mol. The molecule has 0 unspecified atom stereocenters. The first-order valence-electron chi connectivity index (χ1n) is 8.47. The minimum Gasteiger partial charge on any atom is -0.325 e. The van der Waals surface area contributed by atoms with Gasteiger partial charge < -0.3 is 10.2 Å². The summed E-state index contributed by atoms with van der Waals surface area (Å²) < 4.78 is 0. The van der Waals surface area contributed by atoms with Crippen LogP contribution in [0.15, 0.2) is 54.6 Å². The molecule has 0 atom stereocenters. The van der Waals surface area contributed by atoms with E-state index in [1.165, 1.54) is 11.6 Å². The first-order valence-corrected chi connectivity index (χ1v) is 8.47. The third-order valence-electron chi connectivity index (χ3n) is 4.61. The van der Waals surface area contributed by atoms with E-state index in [1.807, 2.05) is 18.2 Å². The number of para-hydroxylation sites is 2. The zero-order valence-corrected chi connectivity index (χ0v) is 13.9. The van der Waals surface area contributed by atoms with Crippen LogP contribution in [-0.2, 0) is 6.42 Å². The molecule has 0 aromatic heterocycles. The second-order valence-electron chi connectivity index (χ2n) is 6.32. The first-order chi connectivity index (χ1) is 12.1. The van der Waals surface area contributed by atoms with Gasteiger partial charge in [0.2, 0.25) is 0 Å². The minimum atomic E-state index is -0.484. The van der Waals surface area contributed by atoms with Crippen LogP contribution in [0.4, 0.5) is 16.2 Å². The van der Waals surface area contributed by atoms with Crippen molar-refractivity contribution in [3.05, 3.63) is 70.3 Å². The van der Waals surface area contributed by atoms with Crippen LogP contribution in [0, 0.1) is 16.0 Å². The lowest BCUT2D eigenvalue weighted by molar-refractivity contribution is -0.383. The van der Waals surface area contributed by atoms with Gasteiger partial charge in [-0.3, -0.25) is 10.1 Å². The van der Waals surface area contributed by atoms with Crippen LogP contribution >= 0.6 is 0 Å². The normalized spacial score (nSPS) is 15.0. The van der Waals surface area contributed by atoms with Crippen molar-refractivity contribution in [1.82, 2.24) is 4.90 Å². The Kier molecular flexibility index (Phi) is 5.28. The van der Waals surface area contributed by atoms with Gasteiger partial charge in [0, 0.05) is 19.2 Å². The predicted octanol–water partition coefficient (Wildman–Crippen LogP) is 4.08. The zero-order chi connectivity index (χ0) is 17.6. The topological polar surface area (TPSA) is 75.5 Å². The molecule has 1 fully saturated rings. The van der Waals surface area contributed by atoms with Crippen LogP contribution in [0.3, 0.4) is 0 Å². The Morgan fingerprint density at radius 1 is 1.08 bits per heavy atom. The summed E-state index contributed by atoms with van der Waals surface area (Å²) in [5, 5.41) is 13.7. The van der Waals surface area contributed by atoms with Gasteiger partial charge in [0.05, 0.1) is 4.92 Å². The number of likely N-dealkylation sites (tertiary alicyclic amines) is 1. The third-order valence-corrected chi connectivity index (χ3v) is 4.61. The number of nitro benzene ring substituents is 1. The lowest BCUT2D eigenvalue weighted by atomic mass is 9.90. The van der Waals surface area contributed by atoms with Crippen molar-refractivity contribution in [1.29, 1.82) is 0 Å². The van der Waals surface area contributed by atoms with Crippen molar-refractivity contribution in [3.63, 3.8) is 0 Å². The average molecular weight is 339 g/mol. The Balaban J connectivity index is 1.54. The number of hydrogen-bond acceptors (Lipinski definition) is 3. The molecule has 2 amide bonds. The van der Waals surface area contributed by atoms with Crippen LogP contribution in [-0.4, -0.2) is 28.9 Å². The molecule has 0 bridgehead atoms. The predicted molar refractivity (Wildman–Crippen MR) is 96.6 cm³/mol. The molecule has 1 N–H and O–H groups in total. The number of urea groups is 1. The minimum absolute atomic E-state index is 0.0881. The summed E-state index contributed by atoms with van der Waals surface area (Å²) in [6.45, 7) is 1.34. The zero-order valence-electron chi connectivity index (χ0n) is 13.9. The van der Waals surface area contributed by atoms with E-state index < -0.39 is 4.92 Å². The number of nitro groups is 1. The Morgan fingerprint density at radius 3 is 2.40 bits per heavy atom. The highest BCUT2D eigenvalue weighted by Gasteiger charge is 2.24. The number of carbonyl (C=O) groups is 1. The maximum absolute atomic E-state index is 12.4. The summed E-state index contributed by atoms with van der Waals surface area (Å²) in [6, 6.07) is 16.3. The maximum Gasteiger partial charge on any atom is 0.322 e. The Labute approximate surface area is 146 Å². The molecule has 0 spiro atoms. The van der Waals surface area contributed by atoms with Crippen molar-refractivity contribution >= 4 is 17.4 Å². The number of piperidine rings is 1. The molecule has 0 radical (unpaired) electrons. The molecule has 25 heavy (non-hydrogen) atoms. The standard InChI is InChI=1S/C19H21N3O3/c23-19(20-17-8-4-5-9-18(17)22(24)25)21-12-10-16(11-13-21)14-15-6-2-1-3-7-15/h1-9,16H,10-14H2,(H,20,23). The summed E-state index contributed by atoms with van der Waals surface area (Å²) in [4.78, 5) is 24.7. The fourth-order valence-electron chi connectivity index (χ4n) is 3.22. The maximum atomic E-state index is 12.4. The summed E-state index contributed by atoms with van der Waals surface area (Å²) in [5.41, 5.74) is 1.48. The number of nitrogens with one attached hydrogen (secondary N) is 1. The van der Waals surface area contributed by atoms with Crippen molar-refractivity contribution in [2.45, 2.75) is 19.3 Å². The average Bonchev–Trinajstić information content (AvgIpc) is 2.63. The lowest BCUT2D eigenvalue weighted by Crippen LogP contribution is -2.41. The molecule has 0 saturated carbocycles. The number of amides is 2. The highest BCUT2D eigenvalue weighted by molar-refractivity contribution is 5.91. The highest BCUT2D eigenvalue weighted by Crippen LogP contribution is 2.25. The van der Waals surface area contributed by atoms with Gasteiger partial charge in [-0.15, -0.1) is 0 Å². The molecule has 6 nitrogen and oxygen atoms in total. The van der Waals surface area contributed by atoms with Crippen molar-refractivity contribution < 1.29 is 9.72 Å². The molecule has 130 valence electrons. The molecule has 1 heterocycles. The largest absolute Gasteiger partial charge is 0.325 e. The molecule has 2 aromatic rings. The molecule has 2 aromatic carbocycles. The number of carbonyl (C=O) groups excluding carboxylic acids is 1. The van der Waals surface area contributed by atoms with Crippen molar-refractivity contribution in [2.75, 3.05) is 18.4 Å². The van der Waals surface area contributed by atoms with Gasteiger partial charge in [-0.05, 0) is 36.8 Å². The van der Waals surface area contributed by atoms with Gasteiger partial charge in [-0.1, -0.05) is 42.5 Å². The van der Waals surface area contributed by atoms with E-state index in [1.54, 1.807) is 23.1 Å². The third kappa shape index (κ3) is 4.35. The van der Waals surface area contributed by atoms with E-state index in [2.05, 4.69) is 17.4 Å². The Morgan fingerprint density at radius 2 is 1.72 bits per heavy atom. The SMILES string of the molecule is O=C(Nc1ccccc1[N+](=O)[O-])N1CCC(Cc2ccccc2)CC1. The Bertz CT molecular complexity index is 741. The fraction of sp³-hybridized carbons (Fsp3) is 0.316. The molecule has 6 heteroatoms. The van der Waals surface area contributed by atoms with Crippen molar-refractivity contribution in [2.24, 2.45) is 5.92 Å². The Hall–Kier alpha value is -2.89. The quantitative estimate of drug-likeness (QED) is 0.673. The van der Waals surface area contributed by atoms with Crippen LogP contribution < -0.4 is 5.32 Å². The van der Waals surface area contributed by atoms with E-state index in [9.17, 15) is 14.9 Å².